The third-order valence-corrected chi connectivity index (χ3v) is 7.72. The molecule has 0 fully saturated rings. The highest BCUT2D eigenvalue weighted by Crippen LogP contribution is 2.50. The molecule has 4 aromatic carbocycles. The highest BCUT2D eigenvalue weighted by molar-refractivity contribution is 5.90. The number of fused-ring (bicyclic) bond motifs is 2. The van der Waals surface area contributed by atoms with Crippen LogP contribution in [-0.4, -0.2) is 26.5 Å². The first-order valence-corrected chi connectivity index (χ1v) is 12.6. The lowest BCUT2D eigenvalue weighted by Crippen LogP contribution is -2.37. The summed E-state index contributed by atoms with van der Waals surface area (Å²) in [4.78, 5) is 0. The molecule has 0 bridgehead atoms. The van der Waals surface area contributed by atoms with E-state index in [4.69, 9.17) is 0 Å². The first-order chi connectivity index (χ1) is 18.0. The van der Waals surface area contributed by atoms with Crippen LogP contribution < -0.4 is 0 Å². The molecule has 0 saturated carbocycles. The van der Waals surface area contributed by atoms with Crippen LogP contribution in [0.15, 0.2) is 121 Å². The van der Waals surface area contributed by atoms with Crippen LogP contribution in [0.3, 0.4) is 0 Å². The van der Waals surface area contributed by atoms with Gasteiger partial charge in [-0.15, -0.1) is 0 Å². The Morgan fingerprint density at radius 2 is 1.54 bits per heavy atom. The van der Waals surface area contributed by atoms with Crippen molar-refractivity contribution < 1.29 is 20.4 Å². The number of phenolic OH excluding ortho intramolecular Hbond substituents is 2. The Labute approximate surface area is 215 Å². The number of aromatic hydroxyl groups is 2. The van der Waals surface area contributed by atoms with Gasteiger partial charge in [0.1, 0.15) is 17.3 Å². The van der Waals surface area contributed by atoms with E-state index >= 15 is 0 Å². The van der Waals surface area contributed by atoms with Gasteiger partial charge in [0.15, 0.2) is 0 Å². The molecule has 2 aliphatic carbocycles. The van der Waals surface area contributed by atoms with Gasteiger partial charge in [0.05, 0.1) is 6.10 Å². The van der Waals surface area contributed by atoms with Gasteiger partial charge in [-0.2, -0.15) is 0 Å². The Morgan fingerprint density at radius 3 is 2.32 bits per heavy atom. The lowest BCUT2D eigenvalue weighted by Gasteiger charge is -2.41. The molecule has 0 spiro atoms. The molecule has 0 saturated heterocycles. The number of hydrogen-bond donors (Lipinski definition) is 4. The van der Waals surface area contributed by atoms with E-state index < -0.39 is 6.10 Å². The van der Waals surface area contributed by atoms with Crippen LogP contribution in [0, 0.1) is 11.8 Å². The highest BCUT2D eigenvalue weighted by Gasteiger charge is 2.41. The van der Waals surface area contributed by atoms with Crippen molar-refractivity contribution in [3.8, 4) is 22.6 Å². The first kappa shape index (κ1) is 23.1. The van der Waals surface area contributed by atoms with Crippen LogP contribution in [0.5, 0.6) is 11.5 Å². The van der Waals surface area contributed by atoms with E-state index in [1.165, 1.54) is 0 Å². The summed E-state index contributed by atoms with van der Waals surface area (Å²) in [5, 5.41) is 44.6. The molecule has 4 nitrogen and oxygen atoms in total. The van der Waals surface area contributed by atoms with Crippen LogP contribution in [0.25, 0.3) is 21.9 Å². The average molecular weight is 489 g/mol. The quantitative estimate of drug-likeness (QED) is 0.250. The van der Waals surface area contributed by atoms with Crippen LogP contribution in [0.4, 0.5) is 0 Å². The molecule has 0 aliphatic heterocycles. The molecular formula is C33H28O4. The SMILES string of the molecule is OC1=CC2=CC[C@@H](O)C(C(c3ccc(-c4ccccc4)cc3)c3c(O)ccc4cc(O)ccc34)[C@@H]2C=C1. The number of hydrogen-bond acceptors (Lipinski definition) is 4. The number of phenols is 2. The number of aliphatic hydroxyl groups excluding tert-OH is 2. The second-order valence-corrected chi connectivity index (χ2v) is 9.91. The minimum absolute atomic E-state index is 0.134. The minimum Gasteiger partial charge on any atom is -0.508 e. The van der Waals surface area contributed by atoms with Gasteiger partial charge in [-0.25, -0.2) is 0 Å². The number of allylic oxidation sites excluding steroid dienone is 4. The van der Waals surface area contributed by atoms with Crippen LogP contribution in [-0.2, 0) is 0 Å². The van der Waals surface area contributed by atoms with E-state index in [-0.39, 0.29) is 35.0 Å². The van der Waals surface area contributed by atoms with Gasteiger partial charge in [0.2, 0.25) is 0 Å². The number of benzene rings is 4. The second kappa shape index (κ2) is 9.30. The maximum Gasteiger partial charge on any atom is 0.120 e. The predicted octanol–water partition coefficient (Wildman–Crippen LogP) is 6.99. The largest absolute Gasteiger partial charge is 0.508 e. The van der Waals surface area contributed by atoms with Crippen LogP contribution >= 0.6 is 0 Å². The molecule has 2 unspecified atom stereocenters. The molecule has 4 heteroatoms. The molecule has 0 aromatic heterocycles. The fraction of sp³-hybridized carbons (Fsp3) is 0.152. The fourth-order valence-corrected chi connectivity index (χ4v) is 6.01. The van der Waals surface area contributed by atoms with Crippen molar-refractivity contribution in [2.75, 3.05) is 0 Å². The lowest BCUT2D eigenvalue weighted by molar-refractivity contribution is 0.0767. The predicted molar refractivity (Wildman–Crippen MR) is 147 cm³/mol. The summed E-state index contributed by atoms with van der Waals surface area (Å²) in [6.45, 7) is 0. The summed E-state index contributed by atoms with van der Waals surface area (Å²) in [5.74, 6) is -0.257. The Kier molecular flexibility index (Phi) is 5.82. The van der Waals surface area contributed by atoms with Gasteiger partial charge >= 0.3 is 0 Å². The molecule has 4 aromatic rings. The van der Waals surface area contributed by atoms with Crippen molar-refractivity contribution in [1.29, 1.82) is 0 Å². The molecule has 37 heavy (non-hydrogen) atoms. The Hall–Kier alpha value is -4.28. The maximum atomic E-state index is 11.4. The van der Waals surface area contributed by atoms with Crippen LogP contribution in [0.1, 0.15) is 23.5 Å². The zero-order valence-corrected chi connectivity index (χ0v) is 20.2. The van der Waals surface area contributed by atoms with Crippen molar-refractivity contribution in [3.63, 3.8) is 0 Å². The molecule has 184 valence electrons. The summed E-state index contributed by atoms with van der Waals surface area (Å²) in [6, 6.07) is 27.1. The Morgan fingerprint density at radius 1 is 0.784 bits per heavy atom. The smallest absolute Gasteiger partial charge is 0.120 e. The standard InChI is InChI=1S/C33H28O4/c34-25-12-14-27-23(18-25)10-16-29(36)32(27)31(22-8-6-21(7-9-22)20-4-2-1-3-5-20)33-28-15-13-26(35)19-24(28)11-17-30(33)37/h1-16,18-19,28,30-31,33-37H,17H2/t28-,30-,31?,33?/m1/s1. The minimum atomic E-state index is -0.655. The lowest BCUT2D eigenvalue weighted by atomic mass is 9.64. The van der Waals surface area contributed by atoms with Crippen molar-refractivity contribution >= 4 is 10.8 Å². The molecule has 2 aliphatic rings. The maximum absolute atomic E-state index is 11.4. The second-order valence-electron chi connectivity index (χ2n) is 9.91. The zero-order chi connectivity index (χ0) is 25.5. The van der Waals surface area contributed by atoms with Gasteiger partial charge in [-0.3, -0.25) is 0 Å². The molecule has 0 amide bonds. The van der Waals surface area contributed by atoms with Gasteiger partial charge in [0.25, 0.3) is 0 Å². The monoisotopic (exact) mass is 488 g/mol. The molecular weight excluding hydrogens is 460 g/mol. The van der Waals surface area contributed by atoms with Gasteiger partial charge in [0, 0.05) is 23.3 Å². The van der Waals surface area contributed by atoms with Crippen LogP contribution in [0.2, 0.25) is 0 Å². The van der Waals surface area contributed by atoms with E-state index in [1.807, 2.05) is 36.4 Å². The summed E-state index contributed by atoms with van der Waals surface area (Å²) in [7, 11) is 0. The molecule has 4 N–H and O–H groups in total. The summed E-state index contributed by atoms with van der Waals surface area (Å²) >= 11 is 0. The Balaban J connectivity index is 1.55. The Bertz CT molecular complexity index is 1550. The topological polar surface area (TPSA) is 80.9 Å². The molecule has 4 atom stereocenters. The number of aliphatic hydroxyl groups is 2. The van der Waals surface area contributed by atoms with Crippen molar-refractivity contribution in [2.45, 2.75) is 18.4 Å². The van der Waals surface area contributed by atoms with E-state index in [2.05, 4.69) is 36.4 Å². The van der Waals surface area contributed by atoms with Gasteiger partial charge in [-0.05, 0) is 69.8 Å². The third kappa shape index (κ3) is 4.20. The molecule has 0 heterocycles. The first-order valence-electron chi connectivity index (χ1n) is 12.6. The summed E-state index contributed by atoms with van der Waals surface area (Å²) in [6.07, 6.45) is 7.19. The molecule has 6 rings (SSSR count). The van der Waals surface area contributed by atoms with E-state index in [9.17, 15) is 20.4 Å². The highest BCUT2D eigenvalue weighted by atomic mass is 16.3. The van der Waals surface area contributed by atoms with Crippen molar-refractivity contribution in [2.24, 2.45) is 11.8 Å². The zero-order valence-electron chi connectivity index (χ0n) is 20.2. The van der Waals surface area contributed by atoms with Gasteiger partial charge in [-0.1, -0.05) is 78.9 Å². The fourth-order valence-electron chi connectivity index (χ4n) is 6.01. The van der Waals surface area contributed by atoms with Crippen molar-refractivity contribution in [1.82, 2.24) is 0 Å². The third-order valence-electron chi connectivity index (χ3n) is 7.72. The summed E-state index contributed by atoms with van der Waals surface area (Å²) < 4.78 is 0. The van der Waals surface area contributed by atoms with E-state index in [0.29, 0.717) is 6.42 Å². The molecule has 0 radical (unpaired) electrons. The average Bonchev–Trinajstić information content (AvgIpc) is 2.92. The number of rotatable bonds is 4. The van der Waals surface area contributed by atoms with Crippen molar-refractivity contribution in [3.05, 3.63) is 132 Å². The van der Waals surface area contributed by atoms with Gasteiger partial charge < -0.3 is 20.4 Å². The van der Waals surface area contributed by atoms with E-state index in [0.717, 1.165) is 38.6 Å². The summed E-state index contributed by atoms with van der Waals surface area (Å²) in [5.41, 5.74) is 4.88. The van der Waals surface area contributed by atoms with E-state index in [1.54, 1.807) is 36.4 Å². The normalized spacial score (nSPS) is 21.7.